The van der Waals surface area contributed by atoms with Crippen molar-refractivity contribution in [1.82, 2.24) is 0 Å². The first-order valence-corrected chi connectivity index (χ1v) is 7.39. The van der Waals surface area contributed by atoms with Gasteiger partial charge in [0.1, 0.15) is 0 Å². The van der Waals surface area contributed by atoms with E-state index in [1.54, 1.807) is 0 Å². The summed E-state index contributed by atoms with van der Waals surface area (Å²) in [4.78, 5) is 0. The SMILES string of the molecule is [CH2]CCCCSC1CCCCCCC1. The van der Waals surface area contributed by atoms with Gasteiger partial charge in [0.2, 0.25) is 0 Å². The van der Waals surface area contributed by atoms with Crippen molar-refractivity contribution in [2.45, 2.75) is 69.5 Å². The smallest absolute Gasteiger partial charge is 0.00470 e. The molecule has 1 radical (unpaired) electrons. The molecule has 0 bridgehead atoms. The Morgan fingerprint density at radius 1 is 0.929 bits per heavy atom. The molecule has 0 nitrogen and oxygen atoms in total. The van der Waals surface area contributed by atoms with Gasteiger partial charge in [-0.3, -0.25) is 0 Å². The lowest BCUT2D eigenvalue weighted by atomic mass is 10.0. The van der Waals surface area contributed by atoms with Crippen molar-refractivity contribution in [2.24, 2.45) is 0 Å². The molecule has 0 spiro atoms. The van der Waals surface area contributed by atoms with Crippen LogP contribution in [0.3, 0.4) is 0 Å². The lowest BCUT2D eigenvalue weighted by molar-refractivity contribution is 0.513. The molecule has 1 rings (SSSR count). The average Bonchev–Trinajstić information content (AvgIpc) is 2.15. The Labute approximate surface area is 94.2 Å². The van der Waals surface area contributed by atoms with E-state index in [0.29, 0.717) is 0 Å². The van der Waals surface area contributed by atoms with E-state index in [0.717, 1.165) is 11.7 Å². The maximum absolute atomic E-state index is 3.89. The molecule has 1 fully saturated rings. The summed E-state index contributed by atoms with van der Waals surface area (Å²) in [5.74, 6) is 1.38. The molecule has 0 N–H and O–H groups in total. The van der Waals surface area contributed by atoms with Crippen LogP contribution >= 0.6 is 11.8 Å². The van der Waals surface area contributed by atoms with Gasteiger partial charge in [0.25, 0.3) is 0 Å². The van der Waals surface area contributed by atoms with Gasteiger partial charge in [-0.25, -0.2) is 0 Å². The fourth-order valence-corrected chi connectivity index (χ4v) is 3.48. The van der Waals surface area contributed by atoms with Crippen LogP contribution in [-0.2, 0) is 0 Å². The van der Waals surface area contributed by atoms with Gasteiger partial charge in [-0.15, -0.1) is 0 Å². The van der Waals surface area contributed by atoms with Gasteiger partial charge >= 0.3 is 0 Å². The standard InChI is InChI=1S/C13H25S/c1-2-3-9-12-14-13-10-7-5-4-6-8-11-13/h13H,1-12H2. The zero-order chi connectivity index (χ0) is 10.1. The van der Waals surface area contributed by atoms with Gasteiger partial charge in [-0.2, -0.15) is 11.8 Å². The van der Waals surface area contributed by atoms with Crippen molar-refractivity contribution in [2.75, 3.05) is 5.75 Å². The highest BCUT2D eigenvalue weighted by Crippen LogP contribution is 2.27. The van der Waals surface area contributed by atoms with Gasteiger partial charge in [-0.1, -0.05) is 51.9 Å². The maximum Gasteiger partial charge on any atom is 0.00470 e. The fourth-order valence-electron chi connectivity index (χ4n) is 2.11. The predicted molar refractivity (Wildman–Crippen MR) is 67.8 cm³/mol. The van der Waals surface area contributed by atoms with E-state index in [2.05, 4.69) is 18.7 Å². The molecule has 0 aromatic rings. The molecule has 0 amide bonds. The first-order valence-electron chi connectivity index (χ1n) is 6.34. The summed E-state index contributed by atoms with van der Waals surface area (Å²) in [6.45, 7) is 3.89. The molecule has 14 heavy (non-hydrogen) atoms. The molecule has 0 atom stereocenters. The normalized spacial score (nSPS) is 20.4. The summed E-state index contributed by atoms with van der Waals surface area (Å²) in [6, 6.07) is 0. The van der Waals surface area contributed by atoms with Crippen LogP contribution in [0, 0.1) is 6.92 Å². The first-order chi connectivity index (χ1) is 6.93. The summed E-state index contributed by atoms with van der Waals surface area (Å²) in [5.41, 5.74) is 0. The van der Waals surface area contributed by atoms with Crippen LogP contribution in [0.15, 0.2) is 0 Å². The Kier molecular flexibility index (Phi) is 7.67. The average molecular weight is 213 g/mol. The molecular weight excluding hydrogens is 188 g/mol. The summed E-state index contributed by atoms with van der Waals surface area (Å²) in [7, 11) is 0. The Morgan fingerprint density at radius 3 is 2.21 bits per heavy atom. The molecular formula is C13H25S. The summed E-state index contributed by atoms with van der Waals surface area (Å²) < 4.78 is 0. The van der Waals surface area contributed by atoms with E-state index in [-0.39, 0.29) is 0 Å². The second kappa shape index (κ2) is 8.64. The molecule has 0 aliphatic heterocycles. The summed E-state index contributed by atoms with van der Waals surface area (Å²) in [5, 5.41) is 0.986. The Hall–Kier alpha value is 0.350. The second-order valence-electron chi connectivity index (χ2n) is 4.40. The van der Waals surface area contributed by atoms with Crippen molar-refractivity contribution in [3.8, 4) is 0 Å². The number of hydrogen-bond donors (Lipinski definition) is 0. The molecule has 0 saturated heterocycles. The third-order valence-electron chi connectivity index (χ3n) is 3.05. The van der Waals surface area contributed by atoms with Crippen LogP contribution in [0.2, 0.25) is 0 Å². The predicted octanol–water partition coefficient (Wildman–Crippen LogP) is 4.84. The van der Waals surface area contributed by atoms with E-state index in [1.807, 2.05) is 0 Å². The highest BCUT2D eigenvalue weighted by atomic mass is 32.2. The van der Waals surface area contributed by atoms with E-state index in [1.165, 1.54) is 63.5 Å². The van der Waals surface area contributed by atoms with Crippen LogP contribution in [0.5, 0.6) is 0 Å². The zero-order valence-electron chi connectivity index (χ0n) is 9.47. The third-order valence-corrected chi connectivity index (χ3v) is 4.52. The molecule has 0 heterocycles. The lowest BCUT2D eigenvalue weighted by Gasteiger charge is -2.18. The van der Waals surface area contributed by atoms with Crippen LogP contribution in [0.1, 0.15) is 64.2 Å². The molecule has 0 aromatic carbocycles. The zero-order valence-corrected chi connectivity index (χ0v) is 10.3. The molecule has 1 saturated carbocycles. The van der Waals surface area contributed by atoms with Gasteiger partial charge in [0.15, 0.2) is 0 Å². The second-order valence-corrected chi connectivity index (χ2v) is 5.81. The van der Waals surface area contributed by atoms with Crippen molar-refractivity contribution in [1.29, 1.82) is 0 Å². The minimum atomic E-state index is 0.986. The molecule has 1 aliphatic carbocycles. The van der Waals surface area contributed by atoms with E-state index < -0.39 is 0 Å². The molecule has 0 aromatic heterocycles. The van der Waals surface area contributed by atoms with Crippen molar-refractivity contribution in [3.63, 3.8) is 0 Å². The Morgan fingerprint density at radius 2 is 1.57 bits per heavy atom. The molecule has 0 unspecified atom stereocenters. The van der Waals surface area contributed by atoms with Gasteiger partial charge in [-0.05, 0) is 25.0 Å². The Bertz CT molecular complexity index is 114. The van der Waals surface area contributed by atoms with E-state index in [4.69, 9.17) is 0 Å². The summed E-state index contributed by atoms with van der Waals surface area (Å²) >= 11 is 2.23. The van der Waals surface area contributed by atoms with Crippen LogP contribution in [-0.4, -0.2) is 11.0 Å². The lowest BCUT2D eigenvalue weighted by Crippen LogP contribution is -2.06. The number of thioether (sulfide) groups is 1. The van der Waals surface area contributed by atoms with E-state index >= 15 is 0 Å². The molecule has 1 heteroatoms. The van der Waals surface area contributed by atoms with Gasteiger partial charge < -0.3 is 0 Å². The fraction of sp³-hybridized carbons (Fsp3) is 0.923. The first kappa shape index (κ1) is 12.4. The van der Waals surface area contributed by atoms with Crippen LogP contribution < -0.4 is 0 Å². The highest BCUT2D eigenvalue weighted by Gasteiger charge is 2.10. The quantitative estimate of drug-likeness (QED) is 0.589. The van der Waals surface area contributed by atoms with Crippen molar-refractivity contribution >= 4 is 11.8 Å². The molecule has 83 valence electrons. The highest BCUT2D eigenvalue weighted by molar-refractivity contribution is 7.99. The molecule has 1 aliphatic rings. The minimum Gasteiger partial charge on any atom is -0.159 e. The minimum absolute atomic E-state index is 0.986. The van der Waals surface area contributed by atoms with Gasteiger partial charge in [0.05, 0.1) is 0 Å². The third kappa shape index (κ3) is 5.95. The van der Waals surface area contributed by atoms with Crippen molar-refractivity contribution < 1.29 is 0 Å². The monoisotopic (exact) mass is 213 g/mol. The largest absolute Gasteiger partial charge is 0.159 e. The van der Waals surface area contributed by atoms with E-state index in [9.17, 15) is 0 Å². The maximum atomic E-state index is 3.89. The number of rotatable bonds is 5. The van der Waals surface area contributed by atoms with Crippen LogP contribution in [0.4, 0.5) is 0 Å². The van der Waals surface area contributed by atoms with Gasteiger partial charge in [0, 0.05) is 5.25 Å². The van der Waals surface area contributed by atoms with Crippen molar-refractivity contribution in [3.05, 3.63) is 6.92 Å². The summed E-state index contributed by atoms with van der Waals surface area (Å²) in [6.07, 6.45) is 14.2. The topological polar surface area (TPSA) is 0 Å². The Balaban J connectivity index is 2.02. The number of hydrogen-bond acceptors (Lipinski definition) is 1. The number of unbranched alkanes of at least 4 members (excludes halogenated alkanes) is 2. The van der Waals surface area contributed by atoms with Crippen LogP contribution in [0.25, 0.3) is 0 Å².